The van der Waals surface area contributed by atoms with Gasteiger partial charge in [0.15, 0.2) is 0 Å². The molecular formula is C35H44N2O7. The zero-order valence-corrected chi connectivity index (χ0v) is 25.6. The van der Waals surface area contributed by atoms with E-state index in [0.717, 1.165) is 22.3 Å². The summed E-state index contributed by atoms with van der Waals surface area (Å²) >= 11 is 0. The van der Waals surface area contributed by atoms with Crippen molar-refractivity contribution in [2.45, 2.75) is 76.3 Å². The Morgan fingerprint density at radius 2 is 1.59 bits per heavy atom. The Labute approximate surface area is 259 Å². The molecule has 9 nitrogen and oxygen atoms in total. The molecule has 0 unspecified atom stereocenters. The summed E-state index contributed by atoms with van der Waals surface area (Å²) in [5, 5.41) is 37.3. The lowest BCUT2D eigenvalue weighted by Crippen LogP contribution is -2.48. The Morgan fingerprint density at radius 1 is 0.932 bits per heavy atom. The smallest absolute Gasteiger partial charge is 0.407 e. The number of nitrogens with one attached hydrogen (secondary N) is 2. The summed E-state index contributed by atoms with van der Waals surface area (Å²) in [6.07, 6.45) is -1.37. The fourth-order valence-corrected chi connectivity index (χ4v) is 5.54. The molecule has 4 rings (SSSR count). The van der Waals surface area contributed by atoms with E-state index >= 15 is 0 Å². The van der Waals surface area contributed by atoms with Crippen LogP contribution in [0.1, 0.15) is 55.5 Å². The average Bonchev–Trinajstić information content (AvgIpc) is 3.30. The molecule has 3 aromatic carbocycles. The van der Waals surface area contributed by atoms with Crippen LogP contribution in [0.15, 0.2) is 78.9 Å². The number of ether oxygens (including phenoxy) is 2. The number of aliphatic hydroxyl groups is 3. The highest BCUT2D eigenvalue weighted by molar-refractivity contribution is 5.80. The molecule has 1 aliphatic carbocycles. The minimum absolute atomic E-state index is 0.0480. The lowest BCUT2D eigenvalue weighted by Gasteiger charge is -2.29. The first-order valence-electron chi connectivity index (χ1n) is 15.1. The van der Waals surface area contributed by atoms with E-state index in [9.17, 15) is 19.8 Å². The summed E-state index contributed by atoms with van der Waals surface area (Å²) in [4.78, 5) is 26.7. The molecule has 2 amide bonds. The molecule has 0 aliphatic heterocycles. The third-order valence-corrected chi connectivity index (χ3v) is 7.63. The molecule has 5 N–H and O–H groups in total. The van der Waals surface area contributed by atoms with E-state index in [1.165, 1.54) is 0 Å². The predicted molar refractivity (Wildman–Crippen MR) is 167 cm³/mol. The van der Waals surface area contributed by atoms with Crippen LogP contribution in [0.25, 0.3) is 0 Å². The van der Waals surface area contributed by atoms with E-state index in [4.69, 9.17) is 14.6 Å². The number of amides is 2. The van der Waals surface area contributed by atoms with Crippen molar-refractivity contribution in [3.05, 3.63) is 101 Å². The first kappa shape index (κ1) is 33.0. The Bertz CT molecular complexity index is 1360. The largest absolute Gasteiger partial charge is 0.491 e. The van der Waals surface area contributed by atoms with Gasteiger partial charge in [0.1, 0.15) is 18.0 Å². The van der Waals surface area contributed by atoms with Crippen LogP contribution in [-0.4, -0.2) is 64.4 Å². The van der Waals surface area contributed by atoms with E-state index in [1.54, 1.807) is 32.9 Å². The van der Waals surface area contributed by atoms with Gasteiger partial charge in [0.05, 0.1) is 30.9 Å². The maximum absolute atomic E-state index is 13.9. The van der Waals surface area contributed by atoms with Gasteiger partial charge >= 0.3 is 6.09 Å². The highest BCUT2D eigenvalue weighted by Gasteiger charge is 2.35. The van der Waals surface area contributed by atoms with Gasteiger partial charge in [-0.2, -0.15) is 0 Å². The topological polar surface area (TPSA) is 137 Å². The number of carbonyl (C=O) groups is 2. The van der Waals surface area contributed by atoms with Crippen LogP contribution in [0.4, 0.5) is 4.79 Å². The molecule has 0 saturated heterocycles. The fraction of sp³-hybridized carbons (Fsp3) is 0.429. The predicted octanol–water partition coefficient (Wildman–Crippen LogP) is 3.88. The second kappa shape index (κ2) is 15.2. The van der Waals surface area contributed by atoms with E-state index in [0.29, 0.717) is 25.0 Å². The SMILES string of the molecule is CC(C)(C)OC(=O)N[C@@H](Cc1ccccc1)[C@@H](O)C[C@H](Cc1ccc(OCCO)cc1)C(=O)N[C@H]1c2ccccc2C[C@H]1O. The highest BCUT2D eigenvalue weighted by atomic mass is 16.6. The molecule has 9 heteroatoms. The molecule has 1 aliphatic rings. The number of alkyl carbamates (subject to hydrolysis) is 1. The molecule has 0 aromatic heterocycles. The minimum Gasteiger partial charge on any atom is -0.491 e. The number of rotatable bonds is 13. The molecule has 3 aromatic rings. The van der Waals surface area contributed by atoms with Crippen LogP contribution in [0, 0.1) is 5.92 Å². The standard InChI is InChI=1S/C35H44N2O7/c1-35(2,3)44-34(42)36-29(20-23-9-5-4-6-10-23)30(39)22-26(19-24-13-15-27(16-14-24)43-18-17-38)33(41)37-32-28-12-8-7-11-25(28)21-31(32)40/h4-16,26,29-32,38-40H,17-22H2,1-3H3,(H,36,42)(H,37,41)/t26-,29-,30-,31+,32-/m0/s1. The summed E-state index contributed by atoms with van der Waals surface area (Å²) in [5.74, 6) is -0.395. The Balaban J connectivity index is 1.56. The number of aliphatic hydroxyl groups excluding tert-OH is 3. The summed E-state index contributed by atoms with van der Waals surface area (Å²) in [6.45, 7) is 5.39. The quantitative estimate of drug-likeness (QED) is 0.200. The van der Waals surface area contributed by atoms with Crippen molar-refractivity contribution in [2.75, 3.05) is 13.2 Å². The Hall–Kier alpha value is -3.92. The van der Waals surface area contributed by atoms with E-state index in [1.807, 2.05) is 66.7 Å². The van der Waals surface area contributed by atoms with Gasteiger partial charge in [0.2, 0.25) is 5.91 Å². The Morgan fingerprint density at radius 3 is 2.27 bits per heavy atom. The van der Waals surface area contributed by atoms with Gasteiger partial charge in [0, 0.05) is 12.3 Å². The second-order valence-corrected chi connectivity index (χ2v) is 12.3. The lowest BCUT2D eigenvalue weighted by atomic mass is 9.88. The molecule has 5 atom stereocenters. The van der Waals surface area contributed by atoms with E-state index in [2.05, 4.69) is 10.6 Å². The minimum atomic E-state index is -1.09. The van der Waals surface area contributed by atoms with Crippen molar-refractivity contribution in [2.24, 2.45) is 5.92 Å². The van der Waals surface area contributed by atoms with Gasteiger partial charge in [-0.05, 0) is 74.4 Å². The van der Waals surface area contributed by atoms with Crippen molar-refractivity contribution in [1.29, 1.82) is 0 Å². The first-order valence-corrected chi connectivity index (χ1v) is 15.1. The third-order valence-electron chi connectivity index (χ3n) is 7.63. The van der Waals surface area contributed by atoms with Crippen molar-refractivity contribution < 1.29 is 34.4 Å². The number of hydrogen-bond acceptors (Lipinski definition) is 7. The van der Waals surface area contributed by atoms with Crippen LogP contribution in [0.3, 0.4) is 0 Å². The molecule has 0 radical (unpaired) electrons. The van der Waals surface area contributed by atoms with Crippen LogP contribution in [0.5, 0.6) is 5.75 Å². The summed E-state index contributed by atoms with van der Waals surface area (Å²) in [5.41, 5.74) is 2.91. The molecule has 0 spiro atoms. The van der Waals surface area contributed by atoms with Gasteiger partial charge in [0.25, 0.3) is 0 Å². The summed E-state index contributed by atoms with van der Waals surface area (Å²) < 4.78 is 11.0. The third kappa shape index (κ3) is 9.54. The second-order valence-electron chi connectivity index (χ2n) is 12.3. The maximum atomic E-state index is 13.9. The number of carbonyl (C=O) groups excluding carboxylic acids is 2. The van der Waals surface area contributed by atoms with Gasteiger partial charge in [-0.3, -0.25) is 4.79 Å². The average molecular weight is 605 g/mol. The normalized spacial score (nSPS) is 18.0. The van der Waals surface area contributed by atoms with Gasteiger partial charge in [-0.25, -0.2) is 4.79 Å². The molecular weight excluding hydrogens is 560 g/mol. The van der Waals surface area contributed by atoms with Crippen molar-refractivity contribution in [1.82, 2.24) is 10.6 Å². The number of hydrogen-bond donors (Lipinski definition) is 5. The first-order chi connectivity index (χ1) is 21.0. The highest BCUT2D eigenvalue weighted by Crippen LogP contribution is 2.32. The van der Waals surface area contributed by atoms with Gasteiger partial charge < -0.3 is 35.4 Å². The maximum Gasteiger partial charge on any atom is 0.407 e. The van der Waals surface area contributed by atoms with Crippen molar-refractivity contribution in [3.63, 3.8) is 0 Å². The number of benzene rings is 3. The molecule has 0 bridgehead atoms. The molecule has 0 heterocycles. The van der Waals surface area contributed by atoms with Crippen molar-refractivity contribution in [3.8, 4) is 5.75 Å². The van der Waals surface area contributed by atoms with Crippen LogP contribution in [-0.2, 0) is 28.8 Å². The van der Waals surface area contributed by atoms with Crippen LogP contribution in [0.2, 0.25) is 0 Å². The fourth-order valence-electron chi connectivity index (χ4n) is 5.54. The zero-order valence-electron chi connectivity index (χ0n) is 25.6. The molecule has 44 heavy (non-hydrogen) atoms. The zero-order chi connectivity index (χ0) is 31.7. The molecule has 0 saturated carbocycles. The van der Waals surface area contributed by atoms with Gasteiger partial charge in [-0.15, -0.1) is 0 Å². The van der Waals surface area contributed by atoms with E-state index < -0.39 is 41.9 Å². The lowest BCUT2D eigenvalue weighted by molar-refractivity contribution is -0.127. The monoisotopic (exact) mass is 604 g/mol. The van der Waals surface area contributed by atoms with Crippen molar-refractivity contribution >= 4 is 12.0 Å². The van der Waals surface area contributed by atoms with Gasteiger partial charge in [-0.1, -0.05) is 66.7 Å². The molecule has 0 fully saturated rings. The van der Waals surface area contributed by atoms with E-state index in [-0.39, 0.29) is 25.5 Å². The Kier molecular flexibility index (Phi) is 11.4. The number of fused-ring (bicyclic) bond motifs is 1. The summed E-state index contributed by atoms with van der Waals surface area (Å²) in [6, 6.07) is 23.1. The molecule has 236 valence electrons. The van der Waals surface area contributed by atoms with Crippen LogP contribution >= 0.6 is 0 Å². The van der Waals surface area contributed by atoms with Crippen LogP contribution < -0.4 is 15.4 Å². The summed E-state index contributed by atoms with van der Waals surface area (Å²) in [7, 11) is 0.